The second-order valence-corrected chi connectivity index (χ2v) is 5.83. The van der Waals surface area contributed by atoms with Crippen LogP contribution in [0.4, 0.5) is 16.2 Å². The Kier molecular flexibility index (Phi) is 3.99. The molecule has 3 heterocycles. The fraction of sp³-hybridized carbons (Fsp3) is 0.118. The second kappa shape index (κ2) is 6.48. The summed E-state index contributed by atoms with van der Waals surface area (Å²) in [5.41, 5.74) is 1.04. The monoisotopic (exact) mass is 367 g/mol. The molecule has 2 N–H and O–H groups in total. The van der Waals surface area contributed by atoms with Gasteiger partial charge in [0.15, 0.2) is 11.5 Å². The Morgan fingerprint density at radius 2 is 2.11 bits per heavy atom. The van der Waals surface area contributed by atoms with Gasteiger partial charge in [-0.1, -0.05) is 18.2 Å². The molecule has 0 unspecified atom stereocenters. The topological polar surface area (TPSA) is 111 Å². The minimum absolute atomic E-state index is 0.0307. The molecule has 10 heteroatoms. The summed E-state index contributed by atoms with van der Waals surface area (Å²) in [6.07, 6.45) is 3.18. The number of carbonyl (C=O) groups is 1. The highest BCUT2D eigenvalue weighted by Crippen LogP contribution is 2.18. The van der Waals surface area contributed by atoms with E-state index < -0.39 is 5.97 Å². The Morgan fingerprint density at radius 1 is 1.30 bits per heavy atom. The maximum absolute atomic E-state index is 13.9. The normalized spacial score (nSPS) is 11.0. The number of aromatic nitrogens is 6. The molecular weight excluding hydrogens is 353 g/mol. The van der Waals surface area contributed by atoms with Gasteiger partial charge in [-0.25, -0.2) is 18.9 Å². The van der Waals surface area contributed by atoms with Crippen molar-refractivity contribution in [3.63, 3.8) is 0 Å². The summed E-state index contributed by atoms with van der Waals surface area (Å²) in [5, 5.41) is 21.0. The Balaban J connectivity index is 1.65. The molecule has 0 aliphatic heterocycles. The van der Waals surface area contributed by atoms with E-state index in [9.17, 15) is 9.18 Å². The van der Waals surface area contributed by atoms with Crippen molar-refractivity contribution in [2.75, 3.05) is 5.32 Å². The molecule has 0 aliphatic carbocycles. The minimum atomic E-state index is -1.09. The Bertz CT molecular complexity index is 1150. The number of aryl methyl sites for hydroxylation is 1. The van der Waals surface area contributed by atoms with Crippen LogP contribution in [0.1, 0.15) is 16.1 Å². The van der Waals surface area contributed by atoms with Crippen molar-refractivity contribution >= 4 is 28.8 Å². The molecule has 0 aliphatic rings. The van der Waals surface area contributed by atoms with Crippen molar-refractivity contribution in [1.29, 1.82) is 0 Å². The molecule has 27 heavy (non-hydrogen) atoms. The van der Waals surface area contributed by atoms with Gasteiger partial charge in [-0.05, 0) is 6.07 Å². The van der Waals surface area contributed by atoms with E-state index >= 15 is 0 Å². The molecule has 0 bridgehead atoms. The lowest BCUT2D eigenvalue weighted by atomic mass is 10.2. The smallest absolute Gasteiger partial charge is 0.354 e. The fourth-order valence-corrected chi connectivity index (χ4v) is 2.67. The molecular formula is C17H14FN7O2. The third kappa shape index (κ3) is 3.19. The fourth-order valence-electron chi connectivity index (χ4n) is 2.67. The van der Waals surface area contributed by atoms with E-state index in [2.05, 4.69) is 25.5 Å². The van der Waals surface area contributed by atoms with Crippen LogP contribution in [-0.2, 0) is 13.6 Å². The average molecular weight is 367 g/mol. The van der Waals surface area contributed by atoms with E-state index in [0.717, 1.165) is 0 Å². The van der Waals surface area contributed by atoms with Crippen LogP contribution >= 0.6 is 0 Å². The first-order valence-corrected chi connectivity index (χ1v) is 7.97. The van der Waals surface area contributed by atoms with Crippen LogP contribution < -0.4 is 5.32 Å². The number of anilines is 2. The highest BCUT2D eigenvalue weighted by Gasteiger charge is 2.14. The van der Waals surface area contributed by atoms with Crippen LogP contribution in [0, 0.1) is 5.82 Å². The molecule has 4 rings (SSSR count). The van der Waals surface area contributed by atoms with Gasteiger partial charge in [0, 0.05) is 24.9 Å². The lowest BCUT2D eigenvalue weighted by Crippen LogP contribution is -2.06. The second-order valence-electron chi connectivity index (χ2n) is 5.83. The molecule has 136 valence electrons. The summed E-state index contributed by atoms with van der Waals surface area (Å²) in [6, 6.07) is 7.84. The number of hydrogen-bond acceptors (Lipinski definition) is 6. The summed E-state index contributed by atoms with van der Waals surface area (Å²) in [7, 11) is 1.53. The maximum atomic E-state index is 13.9. The number of aromatic carboxylic acids is 1. The largest absolute Gasteiger partial charge is 0.477 e. The zero-order valence-electron chi connectivity index (χ0n) is 14.2. The van der Waals surface area contributed by atoms with E-state index in [0.29, 0.717) is 22.4 Å². The number of nitrogens with one attached hydrogen (secondary N) is 1. The first-order chi connectivity index (χ1) is 13.0. The Morgan fingerprint density at radius 3 is 2.85 bits per heavy atom. The highest BCUT2D eigenvalue weighted by molar-refractivity contribution is 5.87. The van der Waals surface area contributed by atoms with Crippen molar-refractivity contribution in [3.05, 3.63) is 59.8 Å². The molecule has 9 nitrogen and oxygen atoms in total. The van der Waals surface area contributed by atoms with E-state index in [-0.39, 0.29) is 24.0 Å². The minimum Gasteiger partial charge on any atom is -0.477 e. The molecule has 0 radical (unpaired) electrons. The summed E-state index contributed by atoms with van der Waals surface area (Å²) < 4.78 is 16.7. The number of fused-ring (bicyclic) bond motifs is 1. The van der Waals surface area contributed by atoms with E-state index in [1.54, 1.807) is 35.3 Å². The first kappa shape index (κ1) is 16.6. The van der Waals surface area contributed by atoms with Gasteiger partial charge in [0.25, 0.3) is 0 Å². The molecule has 1 aromatic carbocycles. The van der Waals surface area contributed by atoms with Gasteiger partial charge in [0.2, 0.25) is 5.95 Å². The van der Waals surface area contributed by atoms with Crippen LogP contribution in [-0.4, -0.2) is 40.6 Å². The Hall–Kier alpha value is -3.82. The number of halogens is 1. The van der Waals surface area contributed by atoms with Gasteiger partial charge >= 0.3 is 5.97 Å². The predicted octanol–water partition coefficient (Wildman–Crippen LogP) is 2.19. The molecule has 3 aromatic heterocycles. The van der Waals surface area contributed by atoms with E-state index in [1.165, 1.54) is 23.9 Å². The number of rotatable bonds is 5. The summed E-state index contributed by atoms with van der Waals surface area (Å²) in [5.74, 6) is -0.872. The number of carboxylic acid groups (broad SMARTS) is 1. The van der Waals surface area contributed by atoms with Gasteiger partial charge in [-0.3, -0.25) is 4.68 Å². The molecule has 4 aromatic rings. The molecule has 0 amide bonds. The van der Waals surface area contributed by atoms with Crippen LogP contribution in [0.3, 0.4) is 0 Å². The lowest BCUT2D eigenvalue weighted by Gasteiger charge is -2.06. The van der Waals surface area contributed by atoms with Crippen LogP contribution in [0.2, 0.25) is 0 Å². The van der Waals surface area contributed by atoms with E-state index in [4.69, 9.17) is 5.11 Å². The van der Waals surface area contributed by atoms with Gasteiger partial charge < -0.3 is 10.4 Å². The van der Waals surface area contributed by atoms with Crippen LogP contribution in [0.5, 0.6) is 0 Å². The number of benzene rings is 1. The Labute approximate surface area is 152 Å². The van der Waals surface area contributed by atoms with Crippen LogP contribution in [0.15, 0.2) is 42.7 Å². The predicted molar refractivity (Wildman–Crippen MR) is 94.3 cm³/mol. The van der Waals surface area contributed by atoms with Crippen molar-refractivity contribution in [2.45, 2.75) is 6.54 Å². The molecule has 0 saturated heterocycles. The number of carboxylic acids is 1. The first-order valence-electron chi connectivity index (χ1n) is 7.97. The van der Waals surface area contributed by atoms with Crippen molar-refractivity contribution < 1.29 is 14.3 Å². The van der Waals surface area contributed by atoms with Gasteiger partial charge in [0.1, 0.15) is 11.5 Å². The summed E-state index contributed by atoms with van der Waals surface area (Å²) >= 11 is 0. The van der Waals surface area contributed by atoms with Crippen molar-refractivity contribution in [1.82, 2.24) is 29.5 Å². The maximum Gasteiger partial charge on any atom is 0.354 e. The third-order valence-corrected chi connectivity index (χ3v) is 3.99. The zero-order valence-corrected chi connectivity index (χ0v) is 14.2. The van der Waals surface area contributed by atoms with Gasteiger partial charge in [-0.2, -0.15) is 15.2 Å². The van der Waals surface area contributed by atoms with Gasteiger partial charge in [0.05, 0.1) is 18.1 Å². The molecule has 0 atom stereocenters. The quantitative estimate of drug-likeness (QED) is 0.556. The average Bonchev–Trinajstić information content (AvgIpc) is 3.20. The zero-order chi connectivity index (χ0) is 19.0. The van der Waals surface area contributed by atoms with Crippen molar-refractivity contribution in [3.8, 4) is 0 Å². The summed E-state index contributed by atoms with van der Waals surface area (Å²) in [6.45, 7) is 0.222. The number of nitrogens with zero attached hydrogens (tertiary/aromatic N) is 6. The lowest BCUT2D eigenvalue weighted by molar-refractivity contribution is 0.0685. The highest BCUT2D eigenvalue weighted by atomic mass is 19.1. The standard InChI is InChI=1S/C17H14FN7O2/c1-24-13(16(26)27)6-14(23-24)21-17-19-7-11-8-20-25(15(11)22-17)9-10-4-2-3-5-12(10)18/h2-8H,9H2,1H3,(H,26,27)(H,19,21,22,23). The van der Waals surface area contributed by atoms with Crippen molar-refractivity contribution in [2.24, 2.45) is 7.05 Å². The van der Waals surface area contributed by atoms with Crippen LogP contribution in [0.25, 0.3) is 11.0 Å². The molecule has 0 saturated carbocycles. The molecule has 0 fully saturated rings. The van der Waals surface area contributed by atoms with Gasteiger partial charge in [-0.15, -0.1) is 0 Å². The SMILES string of the molecule is Cn1nc(Nc2ncc3cnn(Cc4ccccc4F)c3n2)cc1C(=O)O. The summed E-state index contributed by atoms with van der Waals surface area (Å²) in [4.78, 5) is 19.7. The third-order valence-electron chi connectivity index (χ3n) is 3.99. The van der Waals surface area contributed by atoms with E-state index in [1.807, 2.05) is 0 Å². The molecule has 0 spiro atoms. The number of hydrogen-bond donors (Lipinski definition) is 2.